The molecule has 2 N–H and O–H groups in total. The van der Waals surface area contributed by atoms with E-state index in [9.17, 15) is 5.11 Å². The number of nitrogens with one attached hydrogen (secondary N) is 1. The largest absolute Gasteiger partial charge is 0.396 e. The number of likely N-dealkylation sites (tertiary alicyclic amines) is 1. The van der Waals surface area contributed by atoms with Crippen molar-refractivity contribution in [3.8, 4) is 0 Å². The Bertz CT molecular complexity index is 278. The molecule has 1 saturated heterocycles. The first-order valence-electron chi connectivity index (χ1n) is 8.68. The summed E-state index contributed by atoms with van der Waals surface area (Å²) in [6.07, 6.45) is 10.5. The van der Waals surface area contributed by atoms with Crippen molar-refractivity contribution in [1.29, 1.82) is 0 Å². The molecule has 0 amide bonds. The number of aliphatic hydroxyl groups excluding tert-OH is 1. The van der Waals surface area contributed by atoms with E-state index in [2.05, 4.69) is 24.2 Å². The Kier molecular flexibility index (Phi) is 6.31. The second-order valence-electron chi connectivity index (χ2n) is 7.36. The minimum Gasteiger partial charge on any atom is -0.396 e. The van der Waals surface area contributed by atoms with Crippen molar-refractivity contribution in [2.24, 2.45) is 11.3 Å². The fraction of sp³-hybridized carbons (Fsp3) is 1.00. The lowest BCUT2D eigenvalue weighted by Gasteiger charge is -2.46. The van der Waals surface area contributed by atoms with Gasteiger partial charge in [-0.1, -0.05) is 26.2 Å². The van der Waals surface area contributed by atoms with Crippen molar-refractivity contribution in [2.45, 2.75) is 64.3 Å². The van der Waals surface area contributed by atoms with Gasteiger partial charge < -0.3 is 10.4 Å². The van der Waals surface area contributed by atoms with Crippen molar-refractivity contribution in [2.75, 3.05) is 33.3 Å². The second kappa shape index (κ2) is 7.77. The van der Waals surface area contributed by atoms with Crippen molar-refractivity contribution in [3.63, 3.8) is 0 Å². The Morgan fingerprint density at radius 2 is 2.10 bits per heavy atom. The fourth-order valence-corrected chi connectivity index (χ4v) is 4.68. The summed E-state index contributed by atoms with van der Waals surface area (Å²) in [6, 6.07) is 0.625. The maximum absolute atomic E-state index is 9.31. The minimum absolute atomic E-state index is 0.344. The van der Waals surface area contributed by atoms with Gasteiger partial charge in [0.05, 0.1) is 0 Å². The molecule has 0 bridgehead atoms. The highest BCUT2D eigenvalue weighted by atomic mass is 16.3. The van der Waals surface area contributed by atoms with Gasteiger partial charge in [-0.25, -0.2) is 0 Å². The Hall–Kier alpha value is -0.120. The molecule has 1 saturated carbocycles. The van der Waals surface area contributed by atoms with Crippen LogP contribution < -0.4 is 5.32 Å². The van der Waals surface area contributed by atoms with Crippen LogP contribution in [0.25, 0.3) is 0 Å². The first kappa shape index (κ1) is 16.3. The van der Waals surface area contributed by atoms with Crippen molar-refractivity contribution in [1.82, 2.24) is 10.2 Å². The number of aliphatic hydroxyl groups is 1. The molecule has 3 heteroatoms. The van der Waals surface area contributed by atoms with Gasteiger partial charge in [-0.05, 0) is 57.0 Å². The Labute approximate surface area is 125 Å². The van der Waals surface area contributed by atoms with Crippen molar-refractivity contribution >= 4 is 0 Å². The molecular weight excluding hydrogens is 248 g/mol. The van der Waals surface area contributed by atoms with Gasteiger partial charge in [0.15, 0.2) is 0 Å². The van der Waals surface area contributed by atoms with E-state index in [1.807, 2.05) is 0 Å². The zero-order valence-corrected chi connectivity index (χ0v) is 13.5. The lowest BCUT2D eigenvalue weighted by atomic mass is 9.69. The molecule has 0 spiro atoms. The molecule has 3 unspecified atom stereocenters. The highest BCUT2D eigenvalue weighted by Crippen LogP contribution is 2.40. The Morgan fingerprint density at radius 3 is 2.80 bits per heavy atom. The summed E-state index contributed by atoms with van der Waals surface area (Å²) in [4.78, 5) is 2.70. The van der Waals surface area contributed by atoms with Crippen LogP contribution in [0.4, 0.5) is 0 Å². The molecule has 2 rings (SSSR count). The monoisotopic (exact) mass is 282 g/mol. The first-order valence-corrected chi connectivity index (χ1v) is 8.68. The molecule has 20 heavy (non-hydrogen) atoms. The average molecular weight is 282 g/mol. The third-order valence-electron chi connectivity index (χ3n) is 5.49. The average Bonchev–Trinajstić information content (AvgIpc) is 2.41. The van der Waals surface area contributed by atoms with Gasteiger partial charge in [0.1, 0.15) is 0 Å². The van der Waals surface area contributed by atoms with E-state index in [4.69, 9.17) is 0 Å². The second-order valence-corrected chi connectivity index (χ2v) is 7.36. The van der Waals surface area contributed by atoms with Crippen LogP contribution in [0, 0.1) is 11.3 Å². The normalized spacial score (nSPS) is 36.1. The number of rotatable bonds is 6. The van der Waals surface area contributed by atoms with Gasteiger partial charge in [0.25, 0.3) is 0 Å². The molecule has 3 atom stereocenters. The van der Waals surface area contributed by atoms with Crippen LogP contribution in [-0.4, -0.2) is 49.3 Å². The molecule has 3 nitrogen and oxygen atoms in total. The summed E-state index contributed by atoms with van der Waals surface area (Å²) in [5.74, 6) is 0.873. The quantitative estimate of drug-likeness (QED) is 0.786. The van der Waals surface area contributed by atoms with Gasteiger partial charge in [-0.2, -0.15) is 0 Å². The predicted molar refractivity (Wildman–Crippen MR) is 84.9 cm³/mol. The topological polar surface area (TPSA) is 35.5 Å². The molecular formula is C17H34N2O. The number of nitrogens with zero attached hydrogens (tertiary/aromatic N) is 1. The van der Waals surface area contributed by atoms with E-state index in [0.717, 1.165) is 18.9 Å². The molecule has 0 aromatic rings. The van der Waals surface area contributed by atoms with Gasteiger partial charge in [0, 0.05) is 25.7 Å². The molecule has 2 fully saturated rings. The summed E-state index contributed by atoms with van der Waals surface area (Å²) in [5.41, 5.74) is 0.470. The number of hydrogen-bond acceptors (Lipinski definition) is 3. The summed E-state index contributed by atoms with van der Waals surface area (Å²) < 4.78 is 0. The van der Waals surface area contributed by atoms with E-state index in [1.54, 1.807) is 0 Å². The van der Waals surface area contributed by atoms with Crippen molar-refractivity contribution in [3.05, 3.63) is 0 Å². The van der Waals surface area contributed by atoms with E-state index in [-0.39, 0.29) is 0 Å². The molecule has 118 valence electrons. The molecule has 1 aliphatic heterocycles. The Balaban J connectivity index is 2.01. The number of hydrogen-bond donors (Lipinski definition) is 2. The molecule has 1 aliphatic carbocycles. The van der Waals surface area contributed by atoms with Crippen LogP contribution in [0.5, 0.6) is 0 Å². The summed E-state index contributed by atoms with van der Waals surface area (Å²) in [6.45, 7) is 6.40. The van der Waals surface area contributed by atoms with Crippen molar-refractivity contribution < 1.29 is 5.11 Å². The third kappa shape index (κ3) is 4.19. The highest BCUT2D eigenvalue weighted by Gasteiger charge is 2.37. The third-order valence-corrected chi connectivity index (χ3v) is 5.49. The summed E-state index contributed by atoms with van der Waals surface area (Å²) in [7, 11) is 2.10. The highest BCUT2D eigenvalue weighted by molar-refractivity contribution is 4.92. The standard InChI is InChI=1S/C17H34N2O/c1-15-6-5-9-17(12-15,13-18-2)14-19-10-4-3-7-16(19)8-11-20/h15-16,18,20H,3-14H2,1-2H3. The zero-order valence-electron chi connectivity index (χ0n) is 13.5. The maximum Gasteiger partial charge on any atom is 0.0445 e. The van der Waals surface area contributed by atoms with E-state index in [1.165, 1.54) is 58.0 Å². The summed E-state index contributed by atoms with van der Waals surface area (Å²) in [5, 5.41) is 12.8. The molecule has 1 heterocycles. The molecule has 0 radical (unpaired) electrons. The maximum atomic E-state index is 9.31. The Morgan fingerprint density at radius 1 is 1.25 bits per heavy atom. The minimum atomic E-state index is 0.344. The SMILES string of the molecule is CNCC1(CN2CCCCC2CCO)CCCC(C)C1. The first-order chi connectivity index (χ1) is 9.69. The van der Waals surface area contributed by atoms with Gasteiger partial charge in [-0.15, -0.1) is 0 Å². The lowest BCUT2D eigenvalue weighted by molar-refractivity contribution is 0.0345. The fourth-order valence-electron chi connectivity index (χ4n) is 4.68. The van der Waals surface area contributed by atoms with E-state index < -0.39 is 0 Å². The predicted octanol–water partition coefficient (Wildman–Crippen LogP) is 2.64. The number of piperidine rings is 1. The molecule has 0 aromatic heterocycles. The van der Waals surface area contributed by atoms with Crippen LogP contribution in [-0.2, 0) is 0 Å². The summed E-state index contributed by atoms with van der Waals surface area (Å²) >= 11 is 0. The van der Waals surface area contributed by atoms with Crippen LogP contribution in [0.15, 0.2) is 0 Å². The zero-order chi connectivity index (χ0) is 14.4. The van der Waals surface area contributed by atoms with Gasteiger partial charge in [-0.3, -0.25) is 4.90 Å². The smallest absolute Gasteiger partial charge is 0.0445 e. The van der Waals surface area contributed by atoms with Crippen LogP contribution in [0.1, 0.15) is 58.3 Å². The van der Waals surface area contributed by atoms with Crippen LogP contribution in [0.3, 0.4) is 0 Å². The van der Waals surface area contributed by atoms with Crippen LogP contribution >= 0.6 is 0 Å². The molecule has 2 aliphatic rings. The van der Waals surface area contributed by atoms with E-state index in [0.29, 0.717) is 18.1 Å². The van der Waals surface area contributed by atoms with E-state index >= 15 is 0 Å². The van der Waals surface area contributed by atoms with Gasteiger partial charge in [0.2, 0.25) is 0 Å². The lowest BCUT2D eigenvalue weighted by Crippen LogP contribution is -2.50. The van der Waals surface area contributed by atoms with Crippen LogP contribution in [0.2, 0.25) is 0 Å². The van der Waals surface area contributed by atoms with Gasteiger partial charge >= 0.3 is 0 Å². The molecule has 0 aromatic carbocycles.